The van der Waals surface area contributed by atoms with Crippen molar-refractivity contribution in [2.24, 2.45) is 0 Å². The summed E-state index contributed by atoms with van der Waals surface area (Å²) in [5, 5.41) is 2.64. The molecule has 0 fully saturated rings. The summed E-state index contributed by atoms with van der Waals surface area (Å²) >= 11 is 0. The molecule has 0 aliphatic carbocycles. The van der Waals surface area contributed by atoms with Crippen molar-refractivity contribution in [2.45, 2.75) is 51.6 Å². The zero-order valence-electron chi connectivity index (χ0n) is 15.3. The molecule has 1 unspecified atom stereocenters. The summed E-state index contributed by atoms with van der Waals surface area (Å²) < 4.78 is 9.89. The molecule has 0 aliphatic heterocycles. The minimum Gasteiger partial charge on any atom is -0.468 e. The number of carbonyl (C=O) groups excluding carboxylic acids is 3. The molecule has 1 rings (SSSR count). The van der Waals surface area contributed by atoms with Gasteiger partial charge in [-0.15, -0.1) is 0 Å². The van der Waals surface area contributed by atoms with Gasteiger partial charge in [0.25, 0.3) is 0 Å². The molecule has 6 nitrogen and oxygen atoms in total. The number of esters is 1. The molecule has 0 bridgehead atoms. The van der Waals surface area contributed by atoms with Crippen LogP contribution in [0.5, 0.6) is 0 Å². The van der Waals surface area contributed by atoms with Gasteiger partial charge in [0.05, 0.1) is 7.11 Å². The van der Waals surface area contributed by atoms with Crippen molar-refractivity contribution in [3.8, 4) is 0 Å². The quantitative estimate of drug-likeness (QED) is 0.443. The number of methoxy groups -OCH3 is 1. The van der Waals surface area contributed by atoms with E-state index in [1.165, 1.54) is 7.11 Å². The number of hydrogen-bond acceptors (Lipinski definition) is 5. The molecule has 138 valence electrons. The van der Waals surface area contributed by atoms with Crippen molar-refractivity contribution in [3.63, 3.8) is 0 Å². The summed E-state index contributed by atoms with van der Waals surface area (Å²) in [5.74, 6) is -1.64. The number of hydrogen-bond donors (Lipinski definition) is 1. The number of unbranched alkanes of at least 4 members (excludes halogenated alkanes) is 1. The maximum atomic E-state index is 12.4. The number of carbonyl (C=O) groups is 3. The second-order valence-electron chi connectivity index (χ2n) is 6.72. The van der Waals surface area contributed by atoms with E-state index in [0.717, 1.165) is 0 Å². The zero-order chi connectivity index (χ0) is 18.9. The molecule has 0 saturated carbocycles. The average molecular weight is 349 g/mol. The first-order valence-corrected chi connectivity index (χ1v) is 8.37. The first-order valence-electron chi connectivity index (χ1n) is 8.37. The van der Waals surface area contributed by atoms with Crippen LogP contribution in [0.25, 0.3) is 0 Å². The number of rotatable bonds is 8. The van der Waals surface area contributed by atoms with Crippen molar-refractivity contribution >= 4 is 17.8 Å². The van der Waals surface area contributed by atoms with E-state index in [9.17, 15) is 14.4 Å². The van der Waals surface area contributed by atoms with Gasteiger partial charge in [-0.2, -0.15) is 0 Å². The van der Waals surface area contributed by atoms with E-state index in [0.29, 0.717) is 24.9 Å². The number of ketones is 1. The zero-order valence-corrected chi connectivity index (χ0v) is 15.3. The lowest BCUT2D eigenvalue weighted by molar-refractivity contribution is -0.145. The lowest BCUT2D eigenvalue weighted by Gasteiger charge is -2.19. The molecular weight excluding hydrogens is 322 g/mol. The third-order valence-corrected chi connectivity index (χ3v) is 3.41. The SMILES string of the molecule is COC(=O)C(C(=O)CCCCNC(=O)OC(C)(C)C)c1ccccc1. The van der Waals surface area contributed by atoms with Crippen molar-refractivity contribution in [1.82, 2.24) is 5.32 Å². The van der Waals surface area contributed by atoms with Gasteiger partial charge in [0, 0.05) is 13.0 Å². The lowest BCUT2D eigenvalue weighted by atomic mass is 9.92. The van der Waals surface area contributed by atoms with Crippen LogP contribution in [0.15, 0.2) is 30.3 Å². The van der Waals surface area contributed by atoms with Gasteiger partial charge in [0.15, 0.2) is 5.78 Å². The maximum absolute atomic E-state index is 12.4. The molecule has 0 aliphatic rings. The van der Waals surface area contributed by atoms with Crippen molar-refractivity contribution in [2.75, 3.05) is 13.7 Å². The predicted molar refractivity (Wildman–Crippen MR) is 94.3 cm³/mol. The minimum absolute atomic E-state index is 0.185. The van der Waals surface area contributed by atoms with Crippen LogP contribution in [0.3, 0.4) is 0 Å². The Balaban J connectivity index is 2.43. The van der Waals surface area contributed by atoms with Gasteiger partial charge in [-0.05, 0) is 39.2 Å². The summed E-state index contributed by atoms with van der Waals surface area (Å²) in [7, 11) is 1.27. The van der Waals surface area contributed by atoms with E-state index in [2.05, 4.69) is 5.32 Å². The van der Waals surface area contributed by atoms with E-state index in [-0.39, 0.29) is 12.2 Å². The van der Waals surface area contributed by atoms with Crippen LogP contribution < -0.4 is 5.32 Å². The van der Waals surface area contributed by atoms with E-state index in [4.69, 9.17) is 9.47 Å². The average Bonchev–Trinajstić information content (AvgIpc) is 2.54. The third kappa shape index (κ3) is 7.83. The lowest BCUT2D eigenvalue weighted by Crippen LogP contribution is -2.33. The van der Waals surface area contributed by atoms with E-state index >= 15 is 0 Å². The predicted octanol–water partition coefficient (Wildman–Crippen LogP) is 3.21. The Morgan fingerprint density at radius 3 is 2.28 bits per heavy atom. The van der Waals surface area contributed by atoms with Crippen LogP contribution in [-0.2, 0) is 19.1 Å². The van der Waals surface area contributed by atoms with Crippen LogP contribution in [0.1, 0.15) is 51.5 Å². The monoisotopic (exact) mass is 349 g/mol. The number of Topliss-reactive ketones (excluding diaryl/α,β-unsaturated/α-hetero) is 1. The Morgan fingerprint density at radius 2 is 1.72 bits per heavy atom. The van der Waals surface area contributed by atoms with Gasteiger partial charge in [0.1, 0.15) is 11.5 Å². The van der Waals surface area contributed by atoms with Crippen LogP contribution in [0.4, 0.5) is 4.79 Å². The van der Waals surface area contributed by atoms with Crippen molar-refractivity contribution in [3.05, 3.63) is 35.9 Å². The Morgan fingerprint density at radius 1 is 1.08 bits per heavy atom. The molecular formula is C19H27NO5. The summed E-state index contributed by atoms with van der Waals surface area (Å²) in [4.78, 5) is 35.9. The minimum atomic E-state index is -0.898. The fraction of sp³-hybridized carbons (Fsp3) is 0.526. The summed E-state index contributed by atoms with van der Waals surface area (Å²) in [6.45, 7) is 5.79. The maximum Gasteiger partial charge on any atom is 0.407 e. The van der Waals surface area contributed by atoms with Gasteiger partial charge in [-0.1, -0.05) is 30.3 Å². The van der Waals surface area contributed by atoms with Gasteiger partial charge in [-0.25, -0.2) is 4.79 Å². The van der Waals surface area contributed by atoms with E-state index < -0.39 is 23.6 Å². The highest BCUT2D eigenvalue weighted by Crippen LogP contribution is 2.21. The van der Waals surface area contributed by atoms with Gasteiger partial charge >= 0.3 is 12.1 Å². The molecule has 1 N–H and O–H groups in total. The Labute approximate surface area is 148 Å². The number of ether oxygens (including phenoxy) is 2. The molecule has 0 saturated heterocycles. The number of amides is 1. The fourth-order valence-corrected chi connectivity index (χ4v) is 2.29. The van der Waals surface area contributed by atoms with E-state index in [1.807, 2.05) is 6.07 Å². The van der Waals surface area contributed by atoms with Gasteiger partial charge in [-0.3, -0.25) is 9.59 Å². The standard InChI is InChI=1S/C19H27NO5/c1-19(2,3)25-18(23)20-13-9-8-12-15(21)16(17(22)24-4)14-10-6-5-7-11-14/h5-7,10-11,16H,8-9,12-13H2,1-4H3,(H,20,23). The number of alkyl carbamates (subject to hydrolysis) is 1. The smallest absolute Gasteiger partial charge is 0.407 e. The molecule has 25 heavy (non-hydrogen) atoms. The topological polar surface area (TPSA) is 81.7 Å². The molecule has 0 spiro atoms. The second kappa shape index (κ2) is 9.81. The molecule has 6 heteroatoms. The Bertz CT molecular complexity index is 577. The first-order chi connectivity index (χ1) is 11.7. The fourth-order valence-electron chi connectivity index (χ4n) is 2.29. The number of nitrogens with one attached hydrogen (secondary N) is 1. The first kappa shape index (κ1) is 20.7. The molecule has 1 aromatic carbocycles. The molecule has 1 aromatic rings. The van der Waals surface area contributed by atoms with Crippen LogP contribution in [0, 0.1) is 0 Å². The normalized spacial score (nSPS) is 12.2. The molecule has 1 atom stereocenters. The molecule has 0 aromatic heterocycles. The van der Waals surface area contributed by atoms with Gasteiger partial charge in [0.2, 0.25) is 0 Å². The van der Waals surface area contributed by atoms with Crippen LogP contribution in [-0.4, -0.2) is 37.1 Å². The van der Waals surface area contributed by atoms with Crippen LogP contribution in [0.2, 0.25) is 0 Å². The second-order valence-corrected chi connectivity index (χ2v) is 6.72. The Kier molecular flexibility index (Phi) is 8.11. The summed E-state index contributed by atoms with van der Waals surface area (Å²) in [6, 6.07) is 8.87. The third-order valence-electron chi connectivity index (χ3n) is 3.41. The summed E-state index contributed by atoms with van der Waals surface area (Å²) in [6.07, 6.45) is 0.948. The molecule has 0 radical (unpaired) electrons. The molecule has 0 heterocycles. The van der Waals surface area contributed by atoms with Crippen LogP contribution >= 0.6 is 0 Å². The van der Waals surface area contributed by atoms with Crippen molar-refractivity contribution < 1.29 is 23.9 Å². The highest BCUT2D eigenvalue weighted by molar-refractivity contribution is 6.04. The summed E-state index contributed by atoms with van der Waals surface area (Å²) in [5.41, 5.74) is 0.0925. The van der Waals surface area contributed by atoms with E-state index in [1.54, 1.807) is 45.0 Å². The van der Waals surface area contributed by atoms with Crippen molar-refractivity contribution in [1.29, 1.82) is 0 Å². The number of benzene rings is 1. The highest BCUT2D eigenvalue weighted by atomic mass is 16.6. The largest absolute Gasteiger partial charge is 0.468 e. The highest BCUT2D eigenvalue weighted by Gasteiger charge is 2.28. The molecule has 1 amide bonds. The van der Waals surface area contributed by atoms with Gasteiger partial charge < -0.3 is 14.8 Å². The Hall–Kier alpha value is -2.37.